The molecule has 1 amide bonds. The molecule has 0 radical (unpaired) electrons. The first-order chi connectivity index (χ1) is 13.0. The van der Waals surface area contributed by atoms with Gasteiger partial charge in [0.15, 0.2) is 5.16 Å². The van der Waals surface area contributed by atoms with Crippen LogP contribution in [0.25, 0.3) is 0 Å². The SMILES string of the molecule is Cc1[nH]c(SCC(=O)NC(C)c2ccc(F)cc2)nc1Cc1ccccc1. The maximum Gasteiger partial charge on any atom is 0.230 e. The number of halogens is 1. The van der Waals surface area contributed by atoms with E-state index in [0.29, 0.717) is 0 Å². The van der Waals surface area contributed by atoms with E-state index >= 15 is 0 Å². The smallest absolute Gasteiger partial charge is 0.230 e. The molecule has 1 heterocycles. The highest BCUT2D eigenvalue weighted by Crippen LogP contribution is 2.19. The number of aryl methyl sites for hydroxylation is 1. The summed E-state index contributed by atoms with van der Waals surface area (Å²) >= 11 is 1.38. The highest BCUT2D eigenvalue weighted by molar-refractivity contribution is 7.99. The van der Waals surface area contributed by atoms with E-state index in [1.54, 1.807) is 12.1 Å². The van der Waals surface area contributed by atoms with Gasteiger partial charge in [-0.05, 0) is 37.1 Å². The zero-order valence-electron chi connectivity index (χ0n) is 15.3. The number of carbonyl (C=O) groups is 1. The Bertz CT molecular complexity index is 894. The van der Waals surface area contributed by atoms with Crippen molar-refractivity contribution < 1.29 is 9.18 Å². The minimum absolute atomic E-state index is 0.0875. The molecule has 0 aliphatic heterocycles. The molecule has 0 aliphatic rings. The Morgan fingerprint density at radius 3 is 2.59 bits per heavy atom. The molecule has 1 atom stereocenters. The first-order valence-electron chi connectivity index (χ1n) is 8.78. The zero-order valence-corrected chi connectivity index (χ0v) is 16.1. The lowest BCUT2D eigenvalue weighted by atomic mass is 10.1. The van der Waals surface area contributed by atoms with Crippen LogP contribution >= 0.6 is 11.8 Å². The van der Waals surface area contributed by atoms with Gasteiger partial charge < -0.3 is 10.3 Å². The number of hydrogen-bond donors (Lipinski definition) is 2. The van der Waals surface area contributed by atoms with E-state index in [4.69, 9.17) is 0 Å². The molecule has 0 spiro atoms. The van der Waals surface area contributed by atoms with E-state index in [0.717, 1.165) is 28.5 Å². The van der Waals surface area contributed by atoms with Crippen molar-refractivity contribution in [1.29, 1.82) is 0 Å². The molecule has 0 bridgehead atoms. The molecule has 140 valence electrons. The molecule has 1 unspecified atom stereocenters. The minimum Gasteiger partial charge on any atom is -0.349 e. The van der Waals surface area contributed by atoms with Gasteiger partial charge >= 0.3 is 0 Å². The molecule has 6 heteroatoms. The van der Waals surface area contributed by atoms with E-state index < -0.39 is 0 Å². The molecule has 0 saturated heterocycles. The maximum atomic E-state index is 13.0. The molecule has 0 fully saturated rings. The molecule has 2 aromatic carbocycles. The summed E-state index contributed by atoms with van der Waals surface area (Å²) in [5.74, 6) is -0.105. The van der Waals surface area contributed by atoms with Gasteiger partial charge in [0.1, 0.15) is 5.82 Å². The van der Waals surface area contributed by atoms with Crippen LogP contribution in [-0.2, 0) is 11.2 Å². The number of carbonyl (C=O) groups excluding carboxylic acids is 1. The van der Waals surface area contributed by atoms with Crippen molar-refractivity contribution in [3.63, 3.8) is 0 Å². The largest absolute Gasteiger partial charge is 0.349 e. The molecule has 3 aromatic rings. The fraction of sp³-hybridized carbons (Fsp3) is 0.238. The second kappa shape index (κ2) is 8.86. The summed E-state index contributed by atoms with van der Waals surface area (Å²) in [6.07, 6.45) is 0.761. The van der Waals surface area contributed by atoms with Crippen LogP contribution < -0.4 is 5.32 Å². The normalized spacial score (nSPS) is 12.0. The average Bonchev–Trinajstić information content (AvgIpc) is 3.01. The lowest BCUT2D eigenvalue weighted by Crippen LogP contribution is -2.28. The van der Waals surface area contributed by atoms with Crippen LogP contribution in [0, 0.1) is 12.7 Å². The Labute approximate surface area is 162 Å². The monoisotopic (exact) mass is 383 g/mol. The number of H-pyrrole nitrogens is 1. The highest BCUT2D eigenvalue weighted by Gasteiger charge is 2.13. The number of aromatic amines is 1. The van der Waals surface area contributed by atoms with Crippen LogP contribution in [0.5, 0.6) is 0 Å². The number of aromatic nitrogens is 2. The molecule has 2 N–H and O–H groups in total. The number of amides is 1. The van der Waals surface area contributed by atoms with Crippen LogP contribution in [0.15, 0.2) is 59.8 Å². The predicted molar refractivity (Wildman–Crippen MR) is 106 cm³/mol. The van der Waals surface area contributed by atoms with Crippen molar-refractivity contribution in [1.82, 2.24) is 15.3 Å². The van der Waals surface area contributed by atoms with E-state index in [-0.39, 0.29) is 23.5 Å². The third-order valence-corrected chi connectivity index (χ3v) is 5.14. The van der Waals surface area contributed by atoms with E-state index in [9.17, 15) is 9.18 Å². The standard InChI is InChI=1S/C21H22FN3OS/c1-14(17-8-10-18(22)11-9-17)23-20(26)13-27-21-24-15(2)19(25-21)12-16-6-4-3-5-7-16/h3-11,14H,12-13H2,1-2H3,(H,23,26)(H,24,25). The summed E-state index contributed by atoms with van der Waals surface area (Å²) in [6.45, 7) is 3.87. The van der Waals surface area contributed by atoms with Crippen LogP contribution in [-0.4, -0.2) is 21.6 Å². The van der Waals surface area contributed by atoms with E-state index in [1.165, 1.54) is 29.5 Å². The summed E-state index contributed by atoms with van der Waals surface area (Å²) in [7, 11) is 0. The molecule has 1 aromatic heterocycles. The predicted octanol–water partition coefficient (Wildman–Crippen LogP) is 4.42. The first kappa shape index (κ1) is 19.2. The Morgan fingerprint density at radius 1 is 1.19 bits per heavy atom. The van der Waals surface area contributed by atoms with Gasteiger partial charge in [0.2, 0.25) is 5.91 Å². The van der Waals surface area contributed by atoms with Crippen molar-refractivity contribution in [2.75, 3.05) is 5.75 Å². The second-order valence-electron chi connectivity index (χ2n) is 6.41. The Hall–Kier alpha value is -2.60. The quantitative estimate of drug-likeness (QED) is 0.594. The topological polar surface area (TPSA) is 57.8 Å². The Morgan fingerprint density at radius 2 is 1.89 bits per heavy atom. The molecule has 3 rings (SSSR count). The highest BCUT2D eigenvalue weighted by atomic mass is 32.2. The maximum absolute atomic E-state index is 13.0. The first-order valence-corrected chi connectivity index (χ1v) is 9.77. The number of rotatable bonds is 7. The van der Waals surface area contributed by atoms with Crippen molar-refractivity contribution in [2.45, 2.75) is 31.5 Å². The number of hydrogen-bond acceptors (Lipinski definition) is 3. The lowest BCUT2D eigenvalue weighted by Gasteiger charge is -2.13. The molecule has 0 aliphatic carbocycles. The van der Waals surface area contributed by atoms with Gasteiger partial charge in [0, 0.05) is 12.1 Å². The van der Waals surface area contributed by atoms with E-state index in [1.807, 2.05) is 32.0 Å². The number of nitrogens with one attached hydrogen (secondary N) is 2. The molecule has 4 nitrogen and oxygen atoms in total. The third-order valence-electron chi connectivity index (χ3n) is 4.27. The van der Waals surface area contributed by atoms with Gasteiger partial charge in [-0.2, -0.15) is 0 Å². The second-order valence-corrected chi connectivity index (χ2v) is 7.37. The minimum atomic E-state index is -0.285. The van der Waals surface area contributed by atoms with Gasteiger partial charge in [-0.25, -0.2) is 9.37 Å². The van der Waals surface area contributed by atoms with Gasteiger partial charge in [-0.1, -0.05) is 54.2 Å². The van der Waals surface area contributed by atoms with Gasteiger partial charge in [0.25, 0.3) is 0 Å². The Kier molecular flexibility index (Phi) is 6.29. The summed E-state index contributed by atoms with van der Waals surface area (Å²) in [6, 6.07) is 16.1. The van der Waals surface area contributed by atoms with Gasteiger partial charge in [0.05, 0.1) is 17.5 Å². The number of thioether (sulfide) groups is 1. The van der Waals surface area contributed by atoms with Crippen molar-refractivity contribution >= 4 is 17.7 Å². The molecule has 0 saturated carbocycles. The number of benzene rings is 2. The molecule has 27 heavy (non-hydrogen) atoms. The van der Waals surface area contributed by atoms with E-state index in [2.05, 4.69) is 27.4 Å². The van der Waals surface area contributed by atoms with Crippen molar-refractivity contribution in [3.8, 4) is 0 Å². The van der Waals surface area contributed by atoms with Crippen LogP contribution in [0.1, 0.15) is 35.5 Å². The fourth-order valence-electron chi connectivity index (χ4n) is 2.75. The lowest BCUT2D eigenvalue weighted by molar-refractivity contribution is -0.119. The Balaban J connectivity index is 1.53. The summed E-state index contributed by atoms with van der Waals surface area (Å²) in [5, 5.41) is 3.66. The third kappa shape index (κ3) is 5.44. The summed E-state index contributed by atoms with van der Waals surface area (Å²) in [4.78, 5) is 20.1. The fourth-order valence-corrected chi connectivity index (χ4v) is 3.50. The zero-order chi connectivity index (χ0) is 19.2. The summed E-state index contributed by atoms with van der Waals surface area (Å²) in [5.41, 5.74) is 4.08. The van der Waals surface area contributed by atoms with Crippen LogP contribution in [0.3, 0.4) is 0 Å². The number of nitrogens with zero attached hydrogens (tertiary/aromatic N) is 1. The summed E-state index contributed by atoms with van der Waals surface area (Å²) < 4.78 is 13.0. The average molecular weight is 383 g/mol. The van der Waals surface area contributed by atoms with Gasteiger partial charge in [-0.15, -0.1) is 0 Å². The number of imidazole rings is 1. The molecular formula is C21H22FN3OS. The van der Waals surface area contributed by atoms with Gasteiger partial charge in [-0.3, -0.25) is 4.79 Å². The van der Waals surface area contributed by atoms with Crippen molar-refractivity contribution in [3.05, 3.63) is 82.9 Å². The van der Waals surface area contributed by atoms with Crippen LogP contribution in [0.4, 0.5) is 4.39 Å². The van der Waals surface area contributed by atoms with Crippen LogP contribution in [0.2, 0.25) is 0 Å². The molecular weight excluding hydrogens is 361 g/mol. The van der Waals surface area contributed by atoms with Crippen molar-refractivity contribution in [2.24, 2.45) is 0 Å².